The first-order valence-corrected chi connectivity index (χ1v) is 6.36. The van der Waals surface area contributed by atoms with Gasteiger partial charge in [-0.05, 0) is 25.7 Å². The molecule has 1 aliphatic heterocycles. The maximum Gasteiger partial charge on any atom is 0.0608 e. The van der Waals surface area contributed by atoms with Crippen LogP contribution in [-0.2, 0) is 4.74 Å². The molecule has 1 rings (SSSR count). The van der Waals surface area contributed by atoms with Crippen molar-refractivity contribution in [2.45, 2.75) is 39.2 Å². The third-order valence-electron chi connectivity index (χ3n) is 3.16. The van der Waals surface area contributed by atoms with E-state index < -0.39 is 0 Å². The third-order valence-corrected chi connectivity index (χ3v) is 3.16. The van der Waals surface area contributed by atoms with Crippen molar-refractivity contribution < 1.29 is 4.74 Å². The van der Waals surface area contributed by atoms with Crippen LogP contribution in [-0.4, -0.2) is 43.4 Å². The van der Waals surface area contributed by atoms with E-state index >= 15 is 0 Å². The standard InChI is InChI=1S/C12H27N3O/c1-11(2)4-5-12(3,10-13)14-15-6-8-16-9-7-15/h11,14H,4-10,13H2,1-3H3. The highest BCUT2D eigenvalue weighted by molar-refractivity contribution is 4.83. The lowest BCUT2D eigenvalue weighted by atomic mass is 9.92. The quantitative estimate of drug-likeness (QED) is 0.713. The number of hydrogen-bond acceptors (Lipinski definition) is 4. The Kier molecular flexibility index (Phi) is 5.69. The molecule has 0 bridgehead atoms. The third kappa shape index (κ3) is 4.78. The van der Waals surface area contributed by atoms with Crippen molar-refractivity contribution in [1.29, 1.82) is 0 Å². The van der Waals surface area contributed by atoms with Gasteiger partial charge in [-0.25, -0.2) is 10.4 Å². The number of nitrogens with two attached hydrogens (primary N) is 1. The summed E-state index contributed by atoms with van der Waals surface area (Å²) >= 11 is 0. The highest BCUT2D eigenvalue weighted by Gasteiger charge is 2.25. The van der Waals surface area contributed by atoms with Crippen molar-refractivity contribution in [3.63, 3.8) is 0 Å². The molecule has 1 heterocycles. The zero-order valence-electron chi connectivity index (χ0n) is 11.0. The molecule has 1 fully saturated rings. The molecule has 1 unspecified atom stereocenters. The first-order valence-electron chi connectivity index (χ1n) is 6.36. The molecule has 0 aromatic heterocycles. The first-order chi connectivity index (χ1) is 7.56. The lowest BCUT2D eigenvalue weighted by Crippen LogP contribution is -2.59. The van der Waals surface area contributed by atoms with Crippen LogP contribution < -0.4 is 11.2 Å². The highest BCUT2D eigenvalue weighted by atomic mass is 16.5. The van der Waals surface area contributed by atoms with Crippen LogP contribution in [0, 0.1) is 5.92 Å². The predicted octanol–water partition coefficient (Wildman–Crippen LogP) is 0.977. The van der Waals surface area contributed by atoms with Crippen molar-refractivity contribution in [1.82, 2.24) is 10.4 Å². The number of hydrogen-bond donors (Lipinski definition) is 2. The van der Waals surface area contributed by atoms with Crippen LogP contribution in [0.1, 0.15) is 33.6 Å². The molecule has 4 heteroatoms. The smallest absolute Gasteiger partial charge is 0.0608 e. The van der Waals surface area contributed by atoms with Gasteiger partial charge < -0.3 is 10.5 Å². The molecule has 0 spiro atoms. The van der Waals surface area contributed by atoms with Crippen molar-refractivity contribution >= 4 is 0 Å². The fourth-order valence-corrected chi connectivity index (χ4v) is 1.87. The van der Waals surface area contributed by atoms with Gasteiger partial charge in [0.15, 0.2) is 0 Å². The van der Waals surface area contributed by atoms with Crippen LogP contribution in [0.5, 0.6) is 0 Å². The van der Waals surface area contributed by atoms with Gasteiger partial charge in [-0.3, -0.25) is 0 Å². The topological polar surface area (TPSA) is 50.5 Å². The molecule has 3 N–H and O–H groups in total. The second kappa shape index (κ2) is 6.55. The molecule has 0 aromatic carbocycles. The van der Waals surface area contributed by atoms with Gasteiger partial charge in [-0.1, -0.05) is 13.8 Å². The highest BCUT2D eigenvalue weighted by Crippen LogP contribution is 2.16. The Morgan fingerprint density at radius 3 is 2.50 bits per heavy atom. The average molecular weight is 229 g/mol. The Morgan fingerprint density at radius 1 is 1.38 bits per heavy atom. The van der Waals surface area contributed by atoms with Crippen LogP contribution in [0.25, 0.3) is 0 Å². The van der Waals surface area contributed by atoms with Gasteiger partial charge in [0, 0.05) is 25.2 Å². The molecule has 0 saturated carbocycles. The maximum absolute atomic E-state index is 5.89. The van der Waals surface area contributed by atoms with E-state index in [1.165, 1.54) is 6.42 Å². The lowest BCUT2D eigenvalue weighted by molar-refractivity contribution is -0.0109. The van der Waals surface area contributed by atoms with Crippen molar-refractivity contribution in [2.24, 2.45) is 11.7 Å². The normalized spacial score (nSPS) is 22.3. The molecule has 0 radical (unpaired) electrons. The molecule has 16 heavy (non-hydrogen) atoms. The zero-order chi connectivity index (χ0) is 12.0. The summed E-state index contributed by atoms with van der Waals surface area (Å²) in [6, 6.07) is 0. The van der Waals surface area contributed by atoms with Gasteiger partial charge in [0.1, 0.15) is 0 Å². The van der Waals surface area contributed by atoms with E-state index in [-0.39, 0.29) is 5.54 Å². The van der Waals surface area contributed by atoms with Crippen molar-refractivity contribution in [3.05, 3.63) is 0 Å². The maximum atomic E-state index is 5.89. The van der Waals surface area contributed by atoms with Crippen molar-refractivity contribution in [3.8, 4) is 0 Å². The summed E-state index contributed by atoms with van der Waals surface area (Å²) in [5, 5.41) is 2.25. The Labute approximate surface area is 99.5 Å². The van der Waals surface area contributed by atoms with E-state index in [2.05, 4.69) is 31.2 Å². The summed E-state index contributed by atoms with van der Waals surface area (Å²) in [7, 11) is 0. The molecule has 4 nitrogen and oxygen atoms in total. The van der Waals surface area contributed by atoms with Crippen LogP contribution in [0.15, 0.2) is 0 Å². The van der Waals surface area contributed by atoms with Gasteiger partial charge in [-0.15, -0.1) is 0 Å². The predicted molar refractivity (Wildman–Crippen MR) is 67.1 cm³/mol. The molecular weight excluding hydrogens is 202 g/mol. The summed E-state index contributed by atoms with van der Waals surface area (Å²) in [4.78, 5) is 0. The minimum absolute atomic E-state index is 0.0294. The van der Waals surface area contributed by atoms with Crippen LogP contribution >= 0.6 is 0 Å². The van der Waals surface area contributed by atoms with E-state index in [9.17, 15) is 0 Å². The average Bonchev–Trinajstić information content (AvgIpc) is 2.28. The second-order valence-electron chi connectivity index (χ2n) is 5.41. The van der Waals surface area contributed by atoms with Crippen LogP contribution in [0.4, 0.5) is 0 Å². The Bertz CT molecular complexity index is 193. The fourth-order valence-electron chi connectivity index (χ4n) is 1.87. The molecule has 0 aliphatic carbocycles. The molecule has 96 valence electrons. The fraction of sp³-hybridized carbons (Fsp3) is 1.00. The monoisotopic (exact) mass is 229 g/mol. The van der Waals surface area contributed by atoms with Crippen molar-refractivity contribution in [2.75, 3.05) is 32.8 Å². The van der Waals surface area contributed by atoms with E-state index in [1.54, 1.807) is 0 Å². The number of morpholine rings is 1. The zero-order valence-corrected chi connectivity index (χ0v) is 11.0. The van der Waals surface area contributed by atoms with E-state index in [4.69, 9.17) is 10.5 Å². The van der Waals surface area contributed by atoms with E-state index in [1.807, 2.05) is 0 Å². The number of ether oxygens (including phenoxy) is 1. The number of hydrazine groups is 1. The van der Waals surface area contributed by atoms with Gasteiger partial charge in [0.05, 0.1) is 13.2 Å². The van der Waals surface area contributed by atoms with Crippen LogP contribution in [0.3, 0.4) is 0 Å². The largest absolute Gasteiger partial charge is 0.379 e. The SMILES string of the molecule is CC(C)CCC(C)(CN)NN1CCOCC1. The number of nitrogens with one attached hydrogen (secondary N) is 1. The molecule has 1 aliphatic rings. The summed E-state index contributed by atoms with van der Waals surface area (Å²) < 4.78 is 5.33. The Hall–Kier alpha value is -0.160. The lowest BCUT2D eigenvalue weighted by Gasteiger charge is -2.38. The minimum atomic E-state index is 0.0294. The number of nitrogens with zero attached hydrogens (tertiary/aromatic N) is 1. The summed E-state index contributed by atoms with van der Waals surface area (Å²) in [5.41, 5.74) is 9.49. The molecule has 1 saturated heterocycles. The second-order valence-corrected chi connectivity index (χ2v) is 5.41. The molecule has 1 atom stereocenters. The van der Waals surface area contributed by atoms with Gasteiger partial charge >= 0.3 is 0 Å². The van der Waals surface area contributed by atoms with E-state index in [0.29, 0.717) is 6.54 Å². The summed E-state index contributed by atoms with van der Waals surface area (Å²) in [6.07, 6.45) is 2.34. The Balaban J connectivity index is 2.38. The number of rotatable bonds is 6. The summed E-state index contributed by atoms with van der Waals surface area (Å²) in [5.74, 6) is 0.734. The Morgan fingerprint density at radius 2 is 2.00 bits per heavy atom. The molecule has 0 amide bonds. The minimum Gasteiger partial charge on any atom is -0.379 e. The van der Waals surface area contributed by atoms with Gasteiger partial charge in [-0.2, -0.15) is 0 Å². The first kappa shape index (κ1) is 13.9. The summed E-state index contributed by atoms with van der Waals surface area (Å²) in [6.45, 7) is 10.9. The molecular formula is C12H27N3O. The van der Waals surface area contributed by atoms with Gasteiger partial charge in [0.2, 0.25) is 0 Å². The van der Waals surface area contributed by atoms with Crippen LogP contribution in [0.2, 0.25) is 0 Å². The van der Waals surface area contributed by atoms with Gasteiger partial charge in [0.25, 0.3) is 0 Å². The molecule has 0 aromatic rings. The van der Waals surface area contributed by atoms with E-state index in [0.717, 1.165) is 38.6 Å².